The molecule has 0 saturated heterocycles. The molecule has 0 amide bonds. The Bertz CT molecular complexity index is 1460. The Hall–Kier alpha value is -3.87. The number of rotatable bonds is 4. The molecule has 0 radical (unpaired) electrons. The summed E-state index contributed by atoms with van der Waals surface area (Å²) in [6.07, 6.45) is 0. The molecule has 0 bridgehead atoms. The predicted molar refractivity (Wildman–Crippen MR) is 146 cm³/mol. The SMILES string of the molecule is COCc1cc(C)nc2c1C1=NC(c3ccccc3)(c3ccccc3)c3ccccc3N1C(N)=CS2. The fraction of sp³-hybridized carbons (Fsp3) is 0.133. The first-order valence-corrected chi connectivity index (χ1v) is 12.7. The van der Waals surface area contributed by atoms with Crippen LogP contribution in [0.25, 0.3) is 0 Å². The molecule has 0 unspecified atom stereocenters. The number of aryl methyl sites for hydroxylation is 1. The van der Waals surface area contributed by atoms with Crippen LogP contribution in [0.2, 0.25) is 0 Å². The highest BCUT2D eigenvalue weighted by Crippen LogP contribution is 2.50. The van der Waals surface area contributed by atoms with E-state index in [9.17, 15) is 0 Å². The quantitative estimate of drug-likeness (QED) is 0.383. The van der Waals surface area contributed by atoms with Gasteiger partial charge in [0.15, 0.2) is 0 Å². The van der Waals surface area contributed by atoms with Crippen molar-refractivity contribution in [1.29, 1.82) is 0 Å². The van der Waals surface area contributed by atoms with Crippen LogP contribution in [0.15, 0.2) is 112 Å². The number of pyridine rings is 1. The number of ether oxygens (including phenoxy) is 1. The molecule has 0 aliphatic carbocycles. The number of methoxy groups -OCH3 is 1. The van der Waals surface area contributed by atoms with Crippen molar-refractivity contribution in [1.82, 2.24) is 4.98 Å². The van der Waals surface area contributed by atoms with E-state index in [4.69, 9.17) is 20.4 Å². The lowest BCUT2D eigenvalue weighted by molar-refractivity contribution is 0.184. The first-order chi connectivity index (χ1) is 17.6. The van der Waals surface area contributed by atoms with Gasteiger partial charge < -0.3 is 10.5 Å². The number of para-hydroxylation sites is 1. The van der Waals surface area contributed by atoms with Crippen LogP contribution in [0.3, 0.4) is 0 Å². The molecule has 0 saturated carbocycles. The fourth-order valence-corrected chi connectivity index (χ4v) is 6.10. The van der Waals surface area contributed by atoms with Crippen LogP contribution in [0.4, 0.5) is 5.69 Å². The minimum absolute atomic E-state index is 0.449. The van der Waals surface area contributed by atoms with E-state index < -0.39 is 5.54 Å². The Morgan fingerprint density at radius 3 is 2.22 bits per heavy atom. The lowest BCUT2D eigenvalue weighted by atomic mass is 9.75. The van der Waals surface area contributed by atoms with Crippen molar-refractivity contribution < 1.29 is 4.74 Å². The van der Waals surface area contributed by atoms with Gasteiger partial charge in [-0.05, 0) is 35.7 Å². The molecule has 6 heteroatoms. The third kappa shape index (κ3) is 3.45. The summed E-state index contributed by atoms with van der Waals surface area (Å²) < 4.78 is 5.63. The summed E-state index contributed by atoms with van der Waals surface area (Å²) in [5.74, 6) is 1.38. The minimum Gasteiger partial charge on any atom is -0.384 e. The van der Waals surface area contributed by atoms with E-state index in [1.165, 1.54) is 11.8 Å². The predicted octanol–water partition coefficient (Wildman–Crippen LogP) is 5.96. The summed E-state index contributed by atoms with van der Waals surface area (Å²) in [7, 11) is 1.71. The van der Waals surface area contributed by atoms with Gasteiger partial charge in [-0.1, -0.05) is 90.6 Å². The normalized spacial score (nSPS) is 15.7. The molecular formula is C30H26N4OS. The standard InChI is InChI=1S/C30H26N4OS/c1-20-17-21(18-35-2)27-28-33-30(22-11-5-3-6-12-22,23-13-7-4-8-14-23)24-15-9-10-16-25(24)34(28)26(31)19-36-29(27)32-20/h3-17,19H,18,31H2,1-2H3. The number of aliphatic imine (C=N–C) groups is 1. The second-order valence-corrected chi connectivity index (χ2v) is 9.79. The maximum absolute atomic E-state index is 6.74. The molecule has 1 aromatic heterocycles. The van der Waals surface area contributed by atoms with Crippen molar-refractivity contribution in [3.05, 3.63) is 136 Å². The maximum atomic E-state index is 6.74. The zero-order chi connectivity index (χ0) is 24.7. The molecule has 3 aromatic carbocycles. The molecular weight excluding hydrogens is 464 g/mol. The van der Waals surface area contributed by atoms with E-state index in [1.807, 2.05) is 24.5 Å². The van der Waals surface area contributed by atoms with Crippen LogP contribution in [0, 0.1) is 6.92 Å². The first-order valence-electron chi connectivity index (χ1n) is 11.9. The number of nitrogens with zero attached hydrogens (tertiary/aromatic N) is 3. The third-order valence-electron chi connectivity index (χ3n) is 6.67. The van der Waals surface area contributed by atoms with Crippen LogP contribution in [0.1, 0.15) is 33.5 Å². The number of fused-ring (bicyclic) bond motifs is 5. The van der Waals surface area contributed by atoms with Crippen molar-refractivity contribution in [2.24, 2.45) is 10.7 Å². The number of aromatic nitrogens is 1. The van der Waals surface area contributed by atoms with Gasteiger partial charge >= 0.3 is 0 Å². The van der Waals surface area contributed by atoms with Crippen LogP contribution in [-0.2, 0) is 16.9 Å². The average Bonchev–Trinajstić information content (AvgIpc) is 3.05. The lowest BCUT2D eigenvalue weighted by Crippen LogP contribution is -2.44. The first kappa shape index (κ1) is 22.6. The number of hydrogen-bond donors (Lipinski definition) is 1. The highest BCUT2D eigenvalue weighted by molar-refractivity contribution is 8.02. The number of amidine groups is 1. The molecule has 2 aliphatic heterocycles. The molecule has 0 spiro atoms. The summed E-state index contributed by atoms with van der Waals surface area (Å²) in [5, 5.41) is 2.83. The fourth-order valence-electron chi connectivity index (χ4n) is 5.23. The van der Waals surface area contributed by atoms with Gasteiger partial charge in [0, 0.05) is 23.8 Å². The van der Waals surface area contributed by atoms with Crippen LogP contribution in [0.5, 0.6) is 0 Å². The van der Waals surface area contributed by atoms with Crippen molar-refractivity contribution in [3.63, 3.8) is 0 Å². The number of thioether (sulfide) groups is 1. The molecule has 4 aromatic rings. The Kier molecular flexibility index (Phi) is 5.63. The molecule has 3 heterocycles. The molecule has 5 nitrogen and oxygen atoms in total. The van der Waals surface area contributed by atoms with E-state index in [2.05, 4.69) is 83.8 Å². The molecule has 6 rings (SSSR count). The molecule has 36 heavy (non-hydrogen) atoms. The van der Waals surface area contributed by atoms with E-state index in [-0.39, 0.29) is 0 Å². The van der Waals surface area contributed by atoms with E-state index in [0.29, 0.717) is 12.4 Å². The number of benzene rings is 3. The Morgan fingerprint density at radius 1 is 0.917 bits per heavy atom. The number of hydrogen-bond acceptors (Lipinski definition) is 6. The second-order valence-electron chi connectivity index (χ2n) is 8.93. The van der Waals surface area contributed by atoms with Gasteiger partial charge in [0.1, 0.15) is 22.2 Å². The molecule has 2 N–H and O–H groups in total. The maximum Gasteiger partial charge on any atom is 0.145 e. The van der Waals surface area contributed by atoms with E-state index in [0.717, 1.165) is 50.1 Å². The van der Waals surface area contributed by atoms with Gasteiger partial charge in [-0.2, -0.15) is 0 Å². The van der Waals surface area contributed by atoms with Gasteiger partial charge in [-0.15, -0.1) is 0 Å². The van der Waals surface area contributed by atoms with E-state index >= 15 is 0 Å². The van der Waals surface area contributed by atoms with Gasteiger partial charge in [0.05, 0.1) is 17.9 Å². The summed E-state index contributed by atoms with van der Waals surface area (Å²) in [4.78, 5) is 12.6. The summed E-state index contributed by atoms with van der Waals surface area (Å²) in [5.41, 5.74) is 13.1. The third-order valence-corrected chi connectivity index (χ3v) is 7.55. The molecule has 0 atom stereocenters. The van der Waals surface area contributed by atoms with Crippen molar-refractivity contribution in [2.45, 2.75) is 24.1 Å². The lowest BCUT2D eigenvalue weighted by Gasteiger charge is -2.42. The zero-order valence-corrected chi connectivity index (χ0v) is 21.0. The monoisotopic (exact) mass is 490 g/mol. The smallest absolute Gasteiger partial charge is 0.145 e. The summed E-state index contributed by atoms with van der Waals surface area (Å²) in [6, 6.07) is 31.5. The van der Waals surface area contributed by atoms with Crippen molar-refractivity contribution in [2.75, 3.05) is 12.0 Å². The van der Waals surface area contributed by atoms with E-state index in [1.54, 1.807) is 7.11 Å². The average molecular weight is 491 g/mol. The summed E-state index contributed by atoms with van der Waals surface area (Å²) >= 11 is 1.53. The second kappa shape index (κ2) is 8.97. The summed E-state index contributed by atoms with van der Waals surface area (Å²) in [6.45, 7) is 2.45. The molecule has 0 fully saturated rings. The number of nitrogens with two attached hydrogens (primary N) is 1. The molecule has 178 valence electrons. The molecule has 2 aliphatic rings. The minimum atomic E-state index is -0.771. The Morgan fingerprint density at radius 2 is 1.56 bits per heavy atom. The van der Waals surface area contributed by atoms with Gasteiger partial charge in [0.2, 0.25) is 0 Å². The Labute approximate surface area is 215 Å². The highest BCUT2D eigenvalue weighted by Gasteiger charge is 2.45. The topological polar surface area (TPSA) is 63.7 Å². The van der Waals surface area contributed by atoms with Crippen LogP contribution in [-0.4, -0.2) is 17.9 Å². The van der Waals surface area contributed by atoms with Crippen LogP contribution >= 0.6 is 11.8 Å². The van der Waals surface area contributed by atoms with Gasteiger partial charge in [0.25, 0.3) is 0 Å². The highest BCUT2D eigenvalue weighted by atomic mass is 32.2. The van der Waals surface area contributed by atoms with Gasteiger partial charge in [-0.25, -0.2) is 9.98 Å². The van der Waals surface area contributed by atoms with Crippen molar-refractivity contribution >= 4 is 23.3 Å². The van der Waals surface area contributed by atoms with Gasteiger partial charge in [-0.3, -0.25) is 4.90 Å². The number of anilines is 1. The largest absolute Gasteiger partial charge is 0.384 e. The van der Waals surface area contributed by atoms with Crippen molar-refractivity contribution in [3.8, 4) is 0 Å². The Balaban J connectivity index is 1.77. The zero-order valence-electron chi connectivity index (χ0n) is 20.2. The van der Waals surface area contributed by atoms with Crippen LogP contribution < -0.4 is 10.6 Å².